The van der Waals surface area contributed by atoms with Crippen molar-refractivity contribution in [3.05, 3.63) is 17.8 Å². The van der Waals surface area contributed by atoms with E-state index in [4.69, 9.17) is 14.9 Å². The zero-order chi connectivity index (χ0) is 9.97. The van der Waals surface area contributed by atoms with Crippen molar-refractivity contribution in [1.82, 2.24) is 4.98 Å². The van der Waals surface area contributed by atoms with Gasteiger partial charge in [0.05, 0.1) is 18.2 Å². The third kappa shape index (κ3) is 2.13. The molecule has 1 saturated heterocycles. The predicted molar refractivity (Wildman–Crippen MR) is 52.0 cm³/mol. The van der Waals surface area contributed by atoms with Gasteiger partial charge in [0.2, 0.25) is 0 Å². The molecule has 0 amide bonds. The van der Waals surface area contributed by atoms with Crippen molar-refractivity contribution in [2.45, 2.75) is 31.7 Å². The normalized spacial score (nSPS) is 24.0. The van der Waals surface area contributed by atoms with Crippen molar-refractivity contribution >= 4 is 0 Å². The van der Waals surface area contributed by atoms with Crippen LogP contribution in [0, 0.1) is 0 Å². The molecule has 2 heterocycles. The molecule has 0 aliphatic carbocycles. The highest BCUT2D eigenvalue weighted by Crippen LogP contribution is 2.24. The molecule has 0 saturated carbocycles. The molecule has 0 spiro atoms. The van der Waals surface area contributed by atoms with Crippen LogP contribution in [0.25, 0.3) is 0 Å². The van der Waals surface area contributed by atoms with E-state index in [1.807, 2.05) is 6.92 Å². The second-order valence-electron chi connectivity index (χ2n) is 3.92. The van der Waals surface area contributed by atoms with Gasteiger partial charge in [0.15, 0.2) is 5.89 Å². The SMILES string of the molecule is CC(N)Cc1coc(C2CCOC2)n1. The Bertz CT molecular complexity index is 290. The lowest BCUT2D eigenvalue weighted by atomic mass is 10.1. The summed E-state index contributed by atoms with van der Waals surface area (Å²) < 4.78 is 10.7. The standard InChI is InChI=1S/C10H16N2O2/c1-7(11)4-9-6-14-10(12-9)8-2-3-13-5-8/h6-8H,2-5,11H2,1H3. The van der Waals surface area contributed by atoms with Crippen molar-refractivity contribution in [2.75, 3.05) is 13.2 Å². The maximum absolute atomic E-state index is 5.68. The first-order valence-corrected chi connectivity index (χ1v) is 5.03. The smallest absolute Gasteiger partial charge is 0.199 e. The van der Waals surface area contributed by atoms with Crippen LogP contribution in [0.5, 0.6) is 0 Å². The van der Waals surface area contributed by atoms with Gasteiger partial charge < -0.3 is 14.9 Å². The minimum absolute atomic E-state index is 0.132. The number of nitrogens with two attached hydrogens (primary N) is 1. The Morgan fingerprint density at radius 3 is 3.21 bits per heavy atom. The predicted octanol–water partition coefficient (Wildman–Crippen LogP) is 1.07. The highest BCUT2D eigenvalue weighted by Gasteiger charge is 2.22. The second-order valence-corrected chi connectivity index (χ2v) is 3.92. The Morgan fingerprint density at radius 2 is 2.57 bits per heavy atom. The number of aromatic nitrogens is 1. The van der Waals surface area contributed by atoms with E-state index in [1.54, 1.807) is 6.26 Å². The molecule has 1 aromatic rings. The van der Waals surface area contributed by atoms with Crippen LogP contribution >= 0.6 is 0 Å². The van der Waals surface area contributed by atoms with Crippen LogP contribution in [0.4, 0.5) is 0 Å². The fraction of sp³-hybridized carbons (Fsp3) is 0.700. The zero-order valence-corrected chi connectivity index (χ0v) is 8.40. The van der Waals surface area contributed by atoms with Crippen LogP contribution in [-0.4, -0.2) is 24.2 Å². The topological polar surface area (TPSA) is 61.3 Å². The van der Waals surface area contributed by atoms with E-state index in [0.717, 1.165) is 37.6 Å². The molecule has 2 atom stereocenters. The zero-order valence-electron chi connectivity index (χ0n) is 8.40. The minimum atomic E-state index is 0.132. The molecular weight excluding hydrogens is 180 g/mol. The molecule has 4 nitrogen and oxygen atoms in total. The van der Waals surface area contributed by atoms with Gasteiger partial charge in [-0.2, -0.15) is 0 Å². The van der Waals surface area contributed by atoms with Crippen molar-refractivity contribution < 1.29 is 9.15 Å². The van der Waals surface area contributed by atoms with Gasteiger partial charge in [0.1, 0.15) is 6.26 Å². The van der Waals surface area contributed by atoms with E-state index < -0.39 is 0 Å². The van der Waals surface area contributed by atoms with Gasteiger partial charge in [-0.05, 0) is 13.3 Å². The van der Waals surface area contributed by atoms with E-state index in [2.05, 4.69) is 4.98 Å². The summed E-state index contributed by atoms with van der Waals surface area (Å²) in [6, 6.07) is 0.132. The molecule has 2 unspecified atom stereocenters. The summed E-state index contributed by atoms with van der Waals surface area (Å²) in [5.41, 5.74) is 6.63. The van der Waals surface area contributed by atoms with Crippen molar-refractivity contribution in [2.24, 2.45) is 5.73 Å². The van der Waals surface area contributed by atoms with Crippen molar-refractivity contribution in [3.63, 3.8) is 0 Å². The Hall–Kier alpha value is -0.870. The molecule has 1 aliphatic heterocycles. The van der Waals surface area contributed by atoms with E-state index in [0.29, 0.717) is 5.92 Å². The van der Waals surface area contributed by atoms with Crippen LogP contribution in [0.3, 0.4) is 0 Å². The third-order valence-corrected chi connectivity index (χ3v) is 2.38. The molecular formula is C10H16N2O2. The Balaban J connectivity index is 2.01. The van der Waals surface area contributed by atoms with Gasteiger partial charge in [0, 0.05) is 19.1 Å². The summed E-state index contributed by atoms with van der Waals surface area (Å²) in [5, 5.41) is 0. The highest BCUT2D eigenvalue weighted by molar-refractivity contribution is 5.03. The quantitative estimate of drug-likeness (QED) is 0.785. The first-order chi connectivity index (χ1) is 6.75. The summed E-state index contributed by atoms with van der Waals surface area (Å²) >= 11 is 0. The summed E-state index contributed by atoms with van der Waals surface area (Å²) in [7, 11) is 0. The lowest BCUT2D eigenvalue weighted by Crippen LogP contribution is -2.18. The number of ether oxygens (including phenoxy) is 1. The molecule has 1 fully saturated rings. The number of hydrogen-bond donors (Lipinski definition) is 1. The molecule has 2 rings (SSSR count). The molecule has 0 aromatic carbocycles. The summed E-state index contributed by atoms with van der Waals surface area (Å²) in [6.07, 6.45) is 3.49. The van der Waals surface area contributed by atoms with Gasteiger partial charge in [-0.1, -0.05) is 0 Å². The van der Waals surface area contributed by atoms with Gasteiger partial charge in [-0.15, -0.1) is 0 Å². The monoisotopic (exact) mass is 196 g/mol. The summed E-state index contributed by atoms with van der Waals surface area (Å²) in [4.78, 5) is 4.41. The molecule has 0 radical (unpaired) electrons. The van der Waals surface area contributed by atoms with Crippen LogP contribution in [-0.2, 0) is 11.2 Å². The Labute approximate surface area is 83.4 Å². The van der Waals surface area contributed by atoms with E-state index in [-0.39, 0.29) is 6.04 Å². The third-order valence-electron chi connectivity index (χ3n) is 2.38. The molecule has 2 N–H and O–H groups in total. The molecule has 0 bridgehead atoms. The van der Waals surface area contributed by atoms with Gasteiger partial charge in [-0.25, -0.2) is 4.98 Å². The van der Waals surface area contributed by atoms with Crippen LogP contribution in [0.2, 0.25) is 0 Å². The lowest BCUT2D eigenvalue weighted by molar-refractivity contribution is 0.190. The summed E-state index contributed by atoms with van der Waals surface area (Å²) in [6.45, 7) is 3.51. The first kappa shape index (κ1) is 9.68. The fourth-order valence-electron chi connectivity index (χ4n) is 1.66. The van der Waals surface area contributed by atoms with Gasteiger partial charge >= 0.3 is 0 Å². The fourth-order valence-corrected chi connectivity index (χ4v) is 1.66. The number of rotatable bonds is 3. The largest absolute Gasteiger partial charge is 0.448 e. The maximum Gasteiger partial charge on any atom is 0.199 e. The molecule has 4 heteroatoms. The maximum atomic E-state index is 5.68. The van der Waals surface area contributed by atoms with Gasteiger partial charge in [-0.3, -0.25) is 0 Å². The van der Waals surface area contributed by atoms with Crippen molar-refractivity contribution in [3.8, 4) is 0 Å². The minimum Gasteiger partial charge on any atom is -0.448 e. The average molecular weight is 196 g/mol. The molecule has 1 aromatic heterocycles. The van der Waals surface area contributed by atoms with Crippen LogP contribution in [0.1, 0.15) is 30.8 Å². The molecule has 1 aliphatic rings. The van der Waals surface area contributed by atoms with E-state index in [9.17, 15) is 0 Å². The number of nitrogens with zero attached hydrogens (tertiary/aromatic N) is 1. The number of oxazole rings is 1. The second kappa shape index (κ2) is 4.11. The lowest BCUT2D eigenvalue weighted by Gasteiger charge is -2.00. The average Bonchev–Trinajstić information content (AvgIpc) is 2.69. The first-order valence-electron chi connectivity index (χ1n) is 5.03. The van der Waals surface area contributed by atoms with Crippen molar-refractivity contribution in [1.29, 1.82) is 0 Å². The van der Waals surface area contributed by atoms with E-state index in [1.165, 1.54) is 0 Å². The Morgan fingerprint density at radius 1 is 1.71 bits per heavy atom. The van der Waals surface area contributed by atoms with Crippen LogP contribution < -0.4 is 5.73 Å². The van der Waals surface area contributed by atoms with E-state index >= 15 is 0 Å². The Kier molecular flexibility index (Phi) is 2.84. The summed E-state index contributed by atoms with van der Waals surface area (Å²) in [5.74, 6) is 1.15. The highest BCUT2D eigenvalue weighted by atomic mass is 16.5. The van der Waals surface area contributed by atoms with Crippen LogP contribution in [0.15, 0.2) is 10.7 Å². The molecule has 78 valence electrons. The number of hydrogen-bond acceptors (Lipinski definition) is 4. The van der Waals surface area contributed by atoms with Gasteiger partial charge in [0.25, 0.3) is 0 Å². The molecule has 14 heavy (non-hydrogen) atoms.